The summed E-state index contributed by atoms with van der Waals surface area (Å²) in [4.78, 5) is 0. The number of nitrogens with zero attached hydrogens (tertiary/aromatic N) is 1. The minimum atomic E-state index is -0.553. The molecule has 0 radical (unpaired) electrons. The average Bonchev–Trinajstić information content (AvgIpc) is 2.73. The molecule has 0 unspecified atom stereocenters. The molecule has 0 bridgehead atoms. The molecule has 0 fully saturated rings. The van der Waals surface area contributed by atoms with E-state index in [0.29, 0.717) is 5.56 Å². The molecule has 0 aliphatic rings. The summed E-state index contributed by atoms with van der Waals surface area (Å²) in [6.07, 6.45) is 2.23. The van der Waals surface area contributed by atoms with Gasteiger partial charge in [0.1, 0.15) is 11.9 Å². The Hall–Kier alpha value is -3.80. The van der Waals surface area contributed by atoms with Gasteiger partial charge in [0.15, 0.2) is 0 Å². The molecule has 134 valence electrons. The minimum Gasteiger partial charge on any atom is -0.206 e. The number of hydrogen-bond donors (Lipinski definition) is 0. The Morgan fingerprint density at radius 1 is 0.714 bits per heavy atom. The summed E-state index contributed by atoms with van der Waals surface area (Å²) in [5.41, 5.74) is 4.61. The summed E-state index contributed by atoms with van der Waals surface area (Å²) >= 11 is 0. The van der Waals surface area contributed by atoms with Crippen molar-refractivity contribution < 1.29 is 4.39 Å². The maximum atomic E-state index is 13.6. The van der Waals surface area contributed by atoms with Gasteiger partial charge < -0.3 is 0 Å². The minimum absolute atomic E-state index is 0.0217. The predicted octanol–water partition coefficient (Wildman–Crippen LogP) is 5.45. The van der Waals surface area contributed by atoms with E-state index in [1.807, 2.05) is 24.3 Å². The molecule has 3 aromatic carbocycles. The molecule has 3 rings (SSSR count). The van der Waals surface area contributed by atoms with E-state index in [1.54, 1.807) is 12.1 Å². The molecule has 1 nitrogen and oxygen atoms in total. The average molecular weight is 363 g/mol. The van der Waals surface area contributed by atoms with E-state index in [2.05, 4.69) is 54.9 Å². The summed E-state index contributed by atoms with van der Waals surface area (Å²) in [5, 5.41) is 8.76. The van der Waals surface area contributed by atoms with Gasteiger partial charge in [0.25, 0.3) is 0 Å². The second-order valence-corrected chi connectivity index (χ2v) is 6.33. The van der Waals surface area contributed by atoms with Crippen molar-refractivity contribution in [3.05, 3.63) is 106 Å². The largest absolute Gasteiger partial charge is 0.206 e. The van der Waals surface area contributed by atoms with E-state index in [4.69, 9.17) is 5.26 Å². The van der Waals surface area contributed by atoms with Crippen LogP contribution in [0.3, 0.4) is 0 Å². The summed E-state index contributed by atoms with van der Waals surface area (Å²) in [5.74, 6) is 11.7. The zero-order chi connectivity index (χ0) is 19.8. The normalized spacial score (nSPS) is 9.46. The first-order valence-corrected chi connectivity index (χ1v) is 9.10. The molecular formula is C26H18FN. The van der Waals surface area contributed by atoms with Gasteiger partial charge in [0.2, 0.25) is 0 Å². The zero-order valence-electron chi connectivity index (χ0n) is 15.6. The van der Waals surface area contributed by atoms with Crippen molar-refractivity contribution in [2.45, 2.75) is 19.8 Å². The fraction of sp³-hybridized carbons (Fsp3) is 0.115. The maximum absolute atomic E-state index is 13.6. The fourth-order valence-electron chi connectivity index (χ4n) is 2.65. The second kappa shape index (κ2) is 9.23. The molecule has 0 heterocycles. The second-order valence-electron chi connectivity index (χ2n) is 6.33. The Morgan fingerprint density at radius 3 is 1.64 bits per heavy atom. The lowest BCUT2D eigenvalue weighted by Gasteiger charge is -1.97. The number of hydrogen-bond acceptors (Lipinski definition) is 1. The Balaban J connectivity index is 1.69. The van der Waals surface area contributed by atoms with Crippen LogP contribution in [-0.2, 0) is 6.42 Å². The number of aryl methyl sites for hydroxylation is 1. The van der Waals surface area contributed by atoms with E-state index >= 15 is 0 Å². The standard InChI is InChI=1S/C26H18FN/c1-2-3-20-4-6-21(7-5-20)8-9-22-10-12-23(13-11-22)14-15-24-16-17-25(19-28)26(27)18-24/h4-7,10-13,16-18H,2-3H2,1H3. The highest BCUT2D eigenvalue weighted by Crippen LogP contribution is 2.09. The Bertz CT molecular complexity index is 1130. The molecule has 0 aromatic heterocycles. The highest BCUT2D eigenvalue weighted by Gasteiger charge is 2.00. The van der Waals surface area contributed by atoms with Crippen LogP contribution in [0.25, 0.3) is 0 Å². The van der Waals surface area contributed by atoms with E-state index in [9.17, 15) is 4.39 Å². The molecule has 0 saturated heterocycles. The lowest BCUT2D eigenvalue weighted by atomic mass is 10.1. The molecule has 0 amide bonds. The van der Waals surface area contributed by atoms with Crippen LogP contribution >= 0.6 is 0 Å². The van der Waals surface area contributed by atoms with Crippen molar-refractivity contribution in [1.82, 2.24) is 0 Å². The van der Waals surface area contributed by atoms with Crippen molar-refractivity contribution in [3.8, 4) is 29.8 Å². The van der Waals surface area contributed by atoms with Crippen LogP contribution in [0.15, 0.2) is 66.7 Å². The number of benzene rings is 3. The van der Waals surface area contributed by atoms with Crippen molar-refractivity contribution in [1.29, 1.82) is 5.26 Å². The summed E-state index contributed by atoms with van der Waals surface area (Å²) in [6, 6.07) is 22.1. The van der Waals surface area contributed by atoms with Gasteiger partial charge in [0.05, 0.1) is 5.56 Å². The third kappa shape index (κ3) is 5.11. The summed E-state index contributed by atoms with van der Waals surface area (Å²) in [6.45, 7) is 2.17. The van der Waals surface area contributed by atoms with Gasteiger partial charge in [-0.3, -0.25) is 0 Å². The van der Waals surface area contributed by atoms with E-state index in [-0.39, 0.29) is 5.56 Å². The van der Waals surface area contributed by atoms with Crippen LogP contribution in [0.2, 0.25) is 0 Å². The van der Waals surface area contributed by atoms with E-state index in [1.165, 1.54) is 17.7 Å². The quantitative estimate of drug-likeness (QED) is 0.556. The van der Waals surface area contributed by atoms with Crippen LogP contribution in [0, 0.1) is 40.8 Å². The molecule has 0 atom stereocenters. The third-order valence-electron chi connectivity index (χ3n) is 4.17. The Labute approximate surface area is 165 Å². The first kappa shape index (κ1) is 19.0. The lowest BCUT2D eigenvalue weighted by molar-refractivity contribution is 0.623. The monoisotopic (exact) mass is 363 g/mol. The lowest BCUT2D eigenvalue weighted by Crippen LogP contribution is -1.85. The van der Waals surface area contributed by atoms with E-state index in [0.717, 1.165) is 29.5 Å². The molecule has 3 aromatic rings. The van der Waals surface area contributed by atoms with Crippen molar-refractivity contribution >= 4 is 0 Å². The third-order valence-corrected chi connectivity index (χ3v) is 4.17. The first-order chi connectivity index (χ1) is 13.7. The van der Waals surface area contributed by atoms with Crippen molar-refractivity contribution in [2.75, 3.05) is 0 Å². The summed E-state index contributed by atoms with van der Waals surface area (Å²) < 4.78 is 13.6. The highest BCUT2D eigenvalue weighted by molar-refractivity contribution is 5.49. The van der Waals surface area contributed by atoms with E-state index < -0.39 is 5.82 Å². The van der Waals surface area contributed by atoms with Crippen LogP contribution in [-0.4, -0.2) is 0 Å². The van der Waals surface area contributed by atoms with Gasteiger partial charge in [-0.05, 0) is 66.6 Å². The first-order valence-electron chi connectivity index (χ1n) is 9.10. The van der Waals surface area contributed by atoms with Crippen molar-refractivity contribution in [3.63, 3.8) is 0 Å². The van der Waals surface area contributed by atoms with Gasteiger partial charge >= 0.3 is 0 Å². The van der Waals surface area contributed by atoms with Gasteiger partial charge in [0, 0.05) is 22.3 Å². The molecule has 28 heavy (non-hydrogen) atoms. The van der Waals surface area contributed by atoms with Gasteiger partial charge in [-0.25, -0.2) is 4.39 Å². The predicted molar refractivity (Wildman–Crippen MR) is 110 cm³/mol. The molecule has 0 aliphatic carbocycles. The number of rotatable bonds is 2. The smallest absolute Gasteiger partial charge is 0.142 e. The molecule has 0 N–H and O–H groups in total. The highest BCUT2D eigenvalue weighted by atomic mass is 19.1. The summed E-state index contributed by atoms with van der Waals surface area (Å²) in [7, 11) is 0. The topological polar surface area (TPSA) is 23.8 Å². The molecule has 0 aliphatic heterocycles. The Kier molecular flexibility index (Phi) is 6.25. The molecule has 2 heteroatoms. The van der Waals surface area contributed by atoms with Gasteiger partial charge in [-0.2, -0.15) is 5.26 Å². The van der Waals surface area contributed by atoms with Crippen LogP contribution in [0.1, 0.15) is 46.7 Å². The van der Waals surface area contributed by atoms with Crippen LogP contribution < -0.4 is 0 Å². The molecule has 0 spiro atoms. The zero-order valence-corrected chi connectivity index (χ0v) is 15.6. The number of halogens is 1. The van der Waals surface area contributed by atoms with Crippen LogP contribution in [0.4, 0.5) is 4.39 Å². The van der Waals surface area contributed by atoms with Gasteiger partial charge in [-0.1, -0.05) is 49.2 Å². The maximum Gasteiger partial charge on any atom is 0.142 e. The SMILES string of the molecule is CCCc1ccc(C#Cc2ccc(C#Cc3ccc(C#N)c(F)c3)cc2)cc1. The Morgan fingerprint density at radius 2 is 1.18 bits per heavy atom. The molecule has 0 saturated carbocycles. The fourth-order valence-corrected chi connectivity index (χ4v) is 2.65. The van der Waals surface area contributed by atoms with Crippen molar-refractivity contribution in [2.24, 2.45) is 0 Å². The number of nitriles is 1. The molecular weight excluding hydrogens is 345 g/mol. The van der Waals surface area contributed by atoms with Gasteiger partial charge in [-0.15, -0.1) is 0 Å². The van der Waals surface area contributed by atoms with Crippen LogP contribution in [0.5, 0.6) is 0 Å².